The molecule has 1 aliphatic rings. The van der Waals surface area contributed by atoms with E-state index < -0.39 is 5.79 Å². The predicted molar refractivity (Wildman–Crippen MR) is 64.3 cm³/mol. The first-order valence-corrected chi connectivity index (χ1v) is 5.80. The smallest absolute Gasteiger partial charge is 0.215 e. The molecule has 6 nitrogen and oxygen atoms in total. The molecule has 0 aromatic carbocycles. The molecule has 1 N–H and O–H groups in total. The van der Waals surface area contributed by atoms with Crippen LogP contribution in [0.1, 0.15) is 25.8 Å². The van der Waals surface area contributed by atoms with Crippen molar-refractivity contribution in [1.82, 2.24) is 15.0 Å². The van der Waals surface area contributed by atoms with Crippen molar-refractivity contribution in [2.75, 3.05) is 13.7 Å². The zero-order valence-electron chi connectivity index (χ0n) is 10.6. The molecular weight excluding hydrogens is 234 g/mol. The molecule has 0 saturated carbocycles. The van der Waals surface area contributed by atoms with Gasteiger partial charge in [0.25, 0.3) is 0 Å². The number of H-pyrrole nitrogens is 1. The summed E-state index contributed by atoms with van der Waals surface area (Å²) in [6.45, 7) is 4.26. The van der Waals surface area contributed by atoms with Gasteiger partial charge in [-0.3, -0.25) is 0 Å². The summed E-state index contributed by atoms with van der Waals surface area (Å²) < 4.78 is 16.3. The number of aromatic amines is 1. The molecule has 1 aliphatic heterocycles. The van der Waals surface area contributed by atoms with E-state index in [2.05, 4.69) is 15.0 Å². The lowest BCUT2D eigenvalue weighted by atomic mass is 10.3. The number of fused-ring (bicyclic) bond motifs is 1. The summed E-state index contributed by atoms with van der Waals surface area (Å²) in [5, 5.41) is 0. The monoisotopic (exact) mass is 249 g/mol. The molecule has 0 bridgehead atoms. The first-order chi connectivity index (χ1) is 8.57. The number of methoxy groups -OCH3 is 1. The van der Waals surface area contributed by atoms with Crippen molar-refractivity contribution in [3.05, 3.63) is 18.0 Å². The number of nitrogens with zero attached hydrogens (tertiary/aromatic N) is 2. The van der Waals surface area contributed by atoms with Gasteiger partial charge in [-0.2, -0.15) is 4.98 Å². The third-order valence-corrected chi connectivity index (χ3v) is 2.86. The summed E-state index contributed by atoms with van der Waals surface area (Å²) in [6.07, 6.45) is -0.180. The van der Waals surface area contributed by atoms with E-state index in [1.54, 1.807) is 13.2 Å². The van der Waals surface area contributed by atoms with Crippen LogP contribution in [0.5, 0.6) is 5.88 Å². The topological polar surface area (TPSA) is 69.3 Å². The van der Waals surface area contributed by atoms with Crippen LogP contribution in [0.4, 0.5) is 0 Å². The molecule has 1 fully saturated rings. The van der Waals surface area contributed by atoms with Gasteiger partial charge in [-0.05, 0) is 19.9 Å². The van der Waals surface area contributed by atoms with Crippen LogP contribution in [-0.4, -0.2) is 34.5 Å². The highest BCUT2D eigenvalue weighted by Gasteiger charge is 2.35. The van der Waals surface area contributed by atoms with Gasteiger partial charge < -0.3 is 19.2 Å². The van der Waals surface area contributed by atoms with Crippen LogP contribution in [0.3, 0.4) is 0 Å². The normalized spacial score (nSPS) is 22.5. The second-order valence-electron chi connectivity index (χ2n) is 4.66. The number of rotatable bonds is 2. The molecule has 0 aliphatic carbocycles. The molecule has 1 atom stereocenters. The zero-order chi connectivity index (χ0) is 12.8. The Hall–Kier alpha value is -1.66. The fourth-order valence-electron chi connectivity index (χ4n) is 1.98. The van der Waals surface area contributed by atoms with Crippen LogP contribution in [0.25, 0.3) is 11.2 Å². The Kier molecular flexibility index (Phi) is 2.49. The molecule has 0 amide bonds. The lowest BCUT2D eigenvalue weighted by Crippen LogP contribution is -2.19. The highest BCUT2D eigenvalue weighted by molar-refractivity contribution is 5.71. The van der Waals surface area contributed by atoms with Crippen LogP contribution in [-0.2, 0) is 9.47 Å². The highest BCUT2D eigenvalue weighted by Crippen LogP contribution is 2.32. The largest absolute Gasteiger partial charge is 0.481 e. The molecule has 1 saturated heterocycles. The Morgan fingerprint density at radius 2 is 2.22 bits per heavy atom. The second kappa shape index (κ2) is 3.93. The van der Waals surface area contributed by atoms with Crippen molar-refractivity contribution in [3.8, 4) is 5.88 Å². The minimum Gasteiger partial charge on any atom is -0.481 e. The van der Waals surface area contributed by atoms with Gasteiger partial charge in [-0.25, -0.2) is 4.98 Å². The number of nitrogens with one attached hydrogen (secondary N) is 1. The number of aromatic nitrogens is 3. The van der Waals surface area contributed by atoms with E-state index in [9.17, 15) is 0 Å². The van der Waals surface area contributed by atoms with Gasteiger partial charge in [0.2, 0.25) is 5.88 Å². The number of hydrogen-bond donors (Lipinski definition) is 1. The molecule has 1 unspecified atom stereocenters. The van der Waals surface area contributed by atoms with E-state index in [0.29, 0.717) is 18.1 Å². The number of hydrogen-bond acceptors (Lipinski definition) is 5. The Bertz CT molecular complexity index is 579. The SMILES string of the molecule is COc1ccc2[nH]c(C3COC(C)(C)O3)nc2n1. The number of pyridine rings is 1. The minimum atomic E-state index is -0.561. The maximum atomic E-state index is 5.75. The van der Waals surface area contributed by atoms with E-state index in [0.717, 1.165) is 11.3 Å². The first-order valence-electron chi connectivity index (χ1n) is 5.80. The minimum absolute atomic E-state index is 0.180. The molecular formula is C12H15N3O3. The fourth-order valence-corrected chi connectivity index (χ4v) is 1.98. The standard InChI is InChI=1S/C12H15N3O3/c1-12(2)17-6-8(18-12)11-13-7-4-5-9(16-3)14-10(7)15-11/h4-5,8H,6H2,1-3H3,(H,13,14,15). The number of imidazole rings is 1. The summed E-state index contributed by atoms with van der Waals surface area (Å²) in [7, 11) is 1.58. The van der Waals surface area contributed by atoms with E-state index in [1.807, 2.05) is 19.9 Å². The summed E-state index contributed by atoms with van der Waals surface area (Å²) in [5.41, 5.74) is 1.48. The van der Waals surface area contributed by atoms with Crippen LogP contribution >= 0.6 is 0 Å². The molecule has 18 heavy (non-hydrogen) atoms. The molecule has 96 valence electrons. The van der Waals surface area contributed by atoms with E-state index in [1.165, 1.54) is 0 Å². The Balaban J connectivity index is 1.94. The van der Waals surface area contributed by atoms with Crippen LogP contribution in [0, 0.1) is 0 Å². The average molecular weight is 249 g/mol. The van der Waals surface area contributed by atoms with Gasteiger partial charge in [0.05, 0.1) is 19.2 Å². The van der Waals surface area contributed by atoms with Gasteiger partial charge in [-0.15, -0.1) is 0 Å². The van der Waals surface area contributed by atoms with E-state index in [4.69, 9.17) is 14.2 Å². The molecule has 3 rings (SSSR count). The Morgan fingerprint density at radius 1 is 1.39 bits per heavy atom. The van der Waals surface area contributed by atoms with Gasteiger partial charge in [0.1, 0.15) is 11.9 Å². The third kappa shape index (κ3) is 1.93. The molecule has 2 aromatic rings. The van der Waals surface area contributed by atoms with Crippen molar-refractivity contribution >= 4 is 11.2 Å². The summed E-state index contributed by atoms with van der Waals surface area (Å²) in [6, 6.07) is 3.68. The van der Waals surface area contributed by atoms with Crippen molar-refractivity contribution < 1.29 is 14.2 Å². The van der Waals surface area contributed by atoms with Gasteiger partial charge in [0, 0.05) is 6.07 Å². The van der Waals surface area contributed by atoms with Crippen molar-refractivity contribution in [3.63, 3.8) is 0 Å². The van der Waals surface area contributed by atoms with Gasteiger partial charge in [-0.1, -0.05) is 0 Å². The fraction of sp³-hybridized carbons (Fsp3) is 0.500. The molecule has 3 heterocycles. The van der Waals surface area contributed by atoms with Gasteiger partial charge in [0.15, 0.2) is 11.4 Å². The van der Waals surface area contributed by atoms with Crippen LogP contribution in [0.15, 0.2) is 12.1 Å². The zero-order valence-corrected chi connectivity index (χ0v) is 10.6. The summed E-state index contributed by atoms with van der Waals surface area (Å²) in [4.78, 5) is 11.9. The first kappa shape index (κ1) is 11.4. The number of ether oxygens (including phenoxy) is 3. The predicted octanol–water partition coefficient (Wildman–Crippen LogP) is 1.79. The molecule has 2 aromatic heterocycles. The lowest BCUT2D eigenvalue weighted by molar-refractivity contribution is -0.139. The Labute approximate surface area is 104 Å². The molecule has 0 radical (unpaired) electrons. The van der Waals surface area contributed by atoms with Crippen LogP contribution < -0.4 is 4.74 Å². The van der Waals surface area contributed by atoms with E-state index in [-0.39, 0.29) is 6.10 Å². The van der Waals surface area contributed by atoms with Crippen LogP contribution in [0.2, 0.25) is 0 Å². The third-order valence-electron chi connectivity index (χ3n) is 2.86. The average Bonchev–Trinajstić information content (AvgIpc) is 2.90. The summed E-state index contributed by atoms with van der Waals surface area (Å²) in [5.74, 6) is 0.718. The lowest BCUT2D eigenvalue weighted by Gasteiger charge is -2.15. The molecule has 0 spiro atoms. The maximum Gasteiger partial charge on any atom is 0.215 e. The van der Waals surface area contributed by atoms with Crippen molar-refractivity contribution in [2.45, 2.75) is 25.7 Å². The highest BCUT2D eigenvalue weighted by atomic mass is 16.7. The quantitative estimate of drug-likeness (QED) is 0.878. The van der Waals surface area contributed by atoms with Gasteiger partial charge >= 0.3 is 0 Å². The molecule has 6 heteroatoms. The second-order valence-corrected chi connectivity index (χ2v) is 4.66. The van der Waals surface area contributed by atoms with Crippen molar-refractivity contribution in [2.24, 2.45) is 0 Å². The van der Waals surface area contributed by atoms with E-state index >= 15 is 0 Å². The van der Waals surface area contributed by atoms with Crippen molar-refractivity contribution in [1.29, 1.82) is 0 Å². The Morgan fingerprint density at radius 3 is 2.89 bits per heavy atom. The maximum absolute atomic E-state index is 5.75. The summed E-state index contributed by atoms with van der Waals surface area (Å²) >= 11 is 0.